The number of nitro groups is 1. The number of halogens is 1. The van der Waals surface area contributed by atoms with Crippen molar-refractivity contribution >= 4 is 23.2 Å². The first-order chi connectivity index (χ1) is 8.97. The molecule has 1 aliphatic carbocycles. The summed E-state index contributed by atoms with van der Waals surface area (Å²) in [6, 6.07) is 3.75. The third kappa shape index (κ3) is 3.21. The van der Waals surface area contributed by atoms with Gasteiger partial charge in [-0.3, -0.25) is 14.9 Å². The van der Waals surface area contributed by atoms with Gasteiger partial charge in [0.1, 0.15) is 0 Å². The van der Waals surface area contributed by atoms with E-state index in [1.54, 1.807) is 0 Å². The standard InChI is InChI=1S/C12H13ClN2O4/c13-11-2-1-8(15(18)19)5-10(11)12(17)14-6-7-3-9(16)4-7/h1-2,5,7,9,16H,3-4,6H2,(H,14,17). The van der Waals surface area contributed by atoms with Crippen LogP contribution in [0.25, 0.3) is 0 Å². The Bertz CT molecular complexity index is 514. The molecule has 102 valence electrons. The van der Waals surface area contributed by atoms with Crippen LogP contribution in [0.2, 0.25) is 5.02 Å². The lowest BCUT2D eigenvalue weighted by Gasteiger charge is -2.31. The molecular weight excluding hydrogens is 272 g/mol. The van der Waals surface area contributed by atoms with E-state index in [1.807, 2.05) is 0 Å². The maximum Gasteiger partial charge on any atom is 0.270 e. The van der Waals surface area contributed by atoms with E-state index in [9.17, 15) is 14.9 Å². The van der Waals surface area contributed by atoms with E-state index < -0.39 is 10.8 Å². The van der Waals surface area contributed by atoms with Gasteiger partial charge in [0.25, 0.3) is 11.6 Å². The van der Waals surface area contributed by atoms with Gasteiger partial charge in [0.2, 0.25) is 0 Å². The van der Waals surface area contributed by atoms with Gasteiger partial charge in [-0.1, -0.05) is 11.6 Å². The Morgan fingerprint density at radius 3 is 2.79 bits per heavy atom. The van der Waals surface area contributed by atoms with Crippen molar-refractivity contribution in [2.45, 2.75) is 18.9 Å². The number of aliphatic hydroxyl groups excluding tert-OH is 1. The lowest BCUT2D eigenvalue weighted by molar-refractivity contribution is -0.384. The van der Waals surface area contributed by atoms with Gasteiger partial charge in [0, 0.05) is 18.7 Å². The van der Waals surface area contributed by atoms with Crippen LogP contribution < -0.4 is 5.32 Å². The predicted octanol–water partition coefficient (Wildman–Crippen LogP) is 1.75. The molecular formula is C12H13ClN2O4. The number of hydrogen-bond donors (Lipinski definition) is 2. The van der Waals surface area contributed by atoms with Crippen molar-refractivity contribution in [2.24, 2.45) is 5.92 Å². The fourth-order valence-electron chi connectivity index (χ4n) is 2.00. The Kier molecular flexibility index (Phi) is 4.01. The fourth-order valence-corrected chi connectivity index (χ4v) is 2.20. The van der Waals surface area contributed by atoms with E-state index in [-0.39, 0.29) is 28.3 Å². The van der Waals surface area contributed by atoms with Gasteiger partial charge in [-0.2, -0.15) is 0 Å². The zero-order valence-electron chi connectivity index (χ0n) is 10.0. The molecule has 0 atom stereocenters. The van der Waals surface area contributed by atoms with Crippen molar-refractivity contribution in [3.63, 3.8) is 0 Å². The highest BCUT2D eigenvalue weighted by molar-refractivity contribution is 6.33. The van der Waals surface area contributed by atoms with Gasteiger partial charge in [0.15, 0.2) is 0 Å². The summed E-state index contributed by atoms with van der Waals surface area (Å²) in [5, 5.41) is 22.6. The summed E-state index contributed by atoms with van der Waals surface area (Å²) >= 11 is 5.86. The van der Waals surface area contributed by atoms with E-state index >= 15 is 0 Å². The minimum atomic E-state index is -0.574. The summed E-state index contributed by atoms with van der Waals surface area (Å²) in [4.78, 5) is 22.0. The molecule has 1 aromatic rings. The summed E-state index contributed by atoms with van der Waals surface area (Å²) in [5.41, 5.74) is -0.0793. The number of non-ortho nitro benzene ring substituents is 1. The first kappa shape index (κ1) is 13.8. The third-order valence-electron chi connectivity index (χ3n) is 3.17. The number of rotatable bonds is 4. The molecule has 1 fully saturated rings. The molecule has 0 aliphatic heterocycles. The maximum atomic E-state index is 11.9. The van der Waals surface area contributed by atoms with E-state index in [0.29, 0.717) is 19.4 Å². The Labute approximate surface area is 114 Å². The third-order valence-corrected chi connectivity index (χ3v) is 3.50. The van der Waals surface area contributed by atoms with Crippen LogP contribution in [0.15, 0.2) is 18.2 Å². The summed E-state index contributed by atoms with van der Waals surface area (Å²) in [6.45, 7) is 0.439. The average Bonchev–Trinajstić information content (AvgIpc) is 2.33. The van der Waals surface area contributed by atoms with Crippen molar-refractivity contribution in [3.8, 4) is 0 Å². The molecule has 0 saturated heterocycles. The van der Waals surface area contributed by atoms with Gasteiger partial charge < -0.3 is 10.4 Å². The molecule has 0 radical (unpaired) electrons. The van der Waals surface area contributed by atoms with Crippen LogP contribution in [-0.2, 0) is 0 Å². The number of nitrogens with zero attached hydrogens (tertiary/aromatic N) is 1. The van der Waals surface area contributed by atoms with Gasteiger partial charge in [-0.25, -0.2) is 0 Å². The molecule has 0 aromatic heterocycles. The number of nitro benzene ring substituents is 1. The molecule has 6 nitrogen and oxygen atoms in total. The largest absolute Gasteiger partial charge is 0.393 e. The summed E-state index contributed by atoms with van der Waals surface area (Å²) < 4.78 is 0. The SMILES string of the molecule is O=C(NCC1CC(O)C1)c1cc([N+](=O)[O-])ccc1Cl. The monoisotopic (exact) mass is 284 g/mol. The molecule has 1 saturated carbocycles. The smallest absolute Gasteiger partial charge is 0.270 e. The molecule has 0 heterocycles. The summed E-state index contributed by atoms with van der Waals surface area (Å²) in [5.74, 6) is -0.175. The maximum absolute atomic E-state index is 11.9. The minimum absolute atomic E-state index is 0.0933. The minimum Gasteiger partial charge on any atom is -0.393 e. The Morgan fingerprint density at radius 1 is 1.53 bits per heavy atom. The van der Waals surface area contributed by atoms with Gasteiger partial charge in [-0.05, 0) is 24.8 Å². The fraction of sp³-hybridized carbons (Fsp3) is 0.417. The molecule has 1 amide bonds. The lowest BCUT2D eigenvalue weighted by Crippen LogP contribution is -2.38. The lowest BCUT2D eigenvalue weighted by atomic mass is 9.82. The van der Waals surface area contributed by atoms with Crippen molar-refractivity contribution in [1.82, 2.24) is 5.32 Å². The predicted molar refractivity (Wildman–Crippen MR) is 69.2 cm³/mol. The molecule has 0 unspecified atom stereocenters. The Morgan fingerprint density at radius 2 is 2.21 bits per heavy atom. The zero-order valence-corrected chi connectivity index (χ0v) is 10.8. The highest BCUT2D eigenvalue weighted by atomic mass is 35.5. The molecule has 19 heavy (non-hydrogen) atoms. The Hall–Kier alpha value is -1.66. The topological polar surface area (TPSA) is 92.5 Å². The quantitative estimate of drug-likeness (QED) is 0.651. The second-order valence-electron chi connectivity index (χ2n) is 4.62. The summed E-state index contributed by atoms with van der Waals surface area (Å²) in [6.07, 6.45) is 1.06. The number of benzene rings is 1. The highest BCUT2D eigenvalue weighted by Crippen LogP contribution is 2.26. The van der Waals surface area contributed by atoms with Crippen LogP contribution in [0, 0.1) is 16.0 Å². The number of hydrogen-bond acceptors (Lipinski definition) is 4. The number of aliphatic hydroxyl groups is 1. The number of carbonyl (C=O) groups is 1. The van der Waals surface area contributed by atoms with Crippen LogP contribution in [0.4, 0.5) is 5.69 Å². The average molecular weight is 285 g/mol. The zero-order chi connectivity index (χ0) is 14.0. The molecule has 1 aromatic carbocycles. The number of amides is 1. The van der Waals surface area contributed by atoms with Crippen LogP contribution in [-0.4, -0.2) is 28.6 Å². The molecule has 0 bridgehead atoms. The van der Waals surface area contributed by atoms with Crippen molar-refractivity contribution in [3.05, 3.63) is 38.9 Å². The van der Waals surface area contributed by atoms with Crippen molar-refractivity contribution < 1.29 is 14.8 Å². The van der Waals surface area contributed by atoms with Gasteiger partial charge in [0.05, 0.1) is 21.6 Å². The number of nitrogens with one attached hydrogen (secondary N) is 1. The molecule has 1 aliphatic rings. The molecule has 7 heteroatoms. The van der Waals surface area contributed by atoms with Crippen molar-refractivity contribution in [2.75, 3.05) is 6.54 Å². The second-order valence-corrected chi connectivity index (χ2v) is 5.03. The van der Waals surface area contributed by atoms with E-state index in [2.05, 4.69) is 5.32 Å². The second kappa shape index (κ2) is 5.54. The first-order valence-electron chi connectivity index (χ1n) is 5.87. The molecule has 2 N–H and O–H groups in total. The van der Waals surface area contributed by atoms with Crippen LogP contribution in [0.5, 0.6) is 0 Å². The molecule has 0 spiro atoms. The van der Waals surface area contributed by atoms with Gasteiger partial charge in [-0.15, -0.1) is 0 Å². The summed E-state index contributed by atoms with van der Waals surface area (Å²) in [7, 11) is 0. The van der Waals surface area contributed by atoms with E-state index in [4.69, 9.17) is 16.7 Å². The van der Waals surface area contributed by atoms with Crippen LogP contribution in [0.3, 0.4) is 0 Å². The normalized spacial score (nSPS) is 21.6. The van der Waals surface area contributed by atoms with Gasteiger partial charge >= 0.3 is 0 Å². The first-order valence-corrected chi connectivity index (χ1v) is 6.25. The van der Waals surface area contributed by atoms with Crippen LogP contribution >= 0.6 is 11.6 Å². The van der Waals surface area contributed by atoms with Crippen LogP contribution in [0.1, 0.15) is 23.2 Å². The molecule has 2 rings (SSSR count). The van der Waals surface area contributed by atoms with Crippen molar-refractivity contribution in [1.29, 1.82) is 0 Å². The Balaban J connectivity index is 2.01. The highest BCUT2D eigenvalue weighted by Gasteiger charge is 2.27. The van der Waals surface area contributed by atoms with E-state index in [0.717, 1.165) is 6.07 Å². The number of carbonyl (C=O) groups excluding carboxylic acids is 1. The van der Waals surface area contributed by atoms with E-state index in [1.165, 1.54) is 12.1 Å².